The van der Waals surface area contributed by atoms with Gasteiger partial charge in [-0.05, 0) is 12.5 Å². The zero-order valence-electron chi connectivity index (χ0n) is 10.0. The third kappa shape index (κ3) is 4.25. The number of nitrogens with two attached hydrogens (primary N) is 1. The van der Waals surface area contributed by atoms with Crippen LogP contribution < -0.4 is 11.1 Å². The summed E-state index contributed by atoms with van der Waals surface area (Å²) in [4.78, 5) is 25.2. The summed E-state index contributed by atoms with van der Waals surface area (Å²) in [5, 5.41) is 11.5. The van der Waals surface area contributed by atoms with E-state index in [4.69, 9.17) is 10.8 Å². The monoisotopic (exact) mass is 249 g/mol. The van der Waals surface area contributed by atoms with Crippen LogP contribution in [0, 0.1) is 0 Å². The zero-order chi connectivity index (χ0) is 13.5. The number of amides is 1. The maximum absolute atomic E-state index is 10.8. The highest BCUT2D eigenvalue weighted by Crippen LogP contribution is 2.13. The van der Waals surface area contributed by atoms with Crippen LogP contribution in [0.3, 0.4) is 0 Å². The molecule has 0 aromatic carbocycles. The molecule has 0 atom stereocenters. The van der Waals surface area contributed by atoms with Gasteiger partial charge in [0.2, 0.25) is 5.91 Å². The number of aromatic carboxylic acids is 1. The highest BCUT2D eigenvalue weighted by Gasteiger charge is 2.05. The Balaban J connectivity index is 2.65. The molecule has 0 unspecified atom stereocenters. The summed E-state index contributed by atoms with van der Waals surface area (Å²) in [6.45, 7) is 1.97. The second-order valence-corrected chi connectivity index (χ2v) is 3.68. The van der Waals surface area contributed by atoms with E-state index in [1.165, 1.54) is 19.2 Å². The van der Waals surface area contributed by atoms with E-state index in [0.29, 0.717) is 18.5 Å². The number of anilines is 1. The summed E-state index contributed by atoms with van der Waals surface area (Å²) in [6.07, 6.45) is 5.34. The summed E-state index contributed by atoms with van der Waals surface area (Å²) in [7, 11) is 0. The molecule has 96 valence electrons. The maximum Gasteiger partial charge on any atom is 0.337 e. The van der Waals surface area contributed by atoms with Gasteiger partial charge < -0.3 is 16.2 Å². The van der Waals surface area contributed by atoms with Gasteiger partial charge in [-0.25, -0.2) is 9.78 Å². The number of pyridine rings is 1. The van der Waals surface area contributed by atoms with E-state index in [9.17, 15) is 9.59 Å². The number of carboxylic acid groups (broad SMARTS) is 1. The van der Waals surface area contributed by atoms with Crippen molar-refractivity contribution in [2.24, 2.45) is 0 Å². The molecular formula is C12H15N3O3. The predicted octanol–water partition coefficient (Wildman–Crippen LogP) is 0.901. The topological polar surface area (TPSA) is 105 Å². The molecule has 0 aliphatic rings. The fourth-order valence-electron chi connectivity index (χ4n) is 1.28. The second-order valence-electron chi connectivity index (χ2n) is 3.68. The lowest BCUT2D eigenvalue weighted by Gasteiger charge is -2.01. The standard InChI is InChI=1S/C12H15N3O3/c1-8(16)14-5-3-2-4-9-6-10(12(17)18)7-15-11(9)13/h2,4,6-7H,3,5H2,1H3,(H2,13,15)(H,14,16)(H,17,18). The molecule has 0 aliphatic heterocycles. The van der Waals surface area contributed by atoms with Crippen LogP contribution in [0.2, 0.25) is 0 Å². The Morgan fingerprint density at radius 2 is 2.28 bits per heavy atom. The smallest absolute Gasteiger partial charge is 0.337 e. The number of rotatable bonds is 5. The van der Waals surface area contributed by atoms with Crippen molar-refractivity contribution >= 4 is 23.8 Å². The minimum absolute atomic E-state index is 0.0857. The first-order valence-corrected chi connectivity index (χ1v) is 5.40. The molecule has 1 heterocycles. The minimum Gasteiger partial charge on any atom is -0.478 e. The van der Waals surface area contributed by atoms with Crippen molar-refractivity contribution in [3.63, 3.8) is 0 Å². The fraction of sp³-hybridized carbons (Fsp3) is 0.250. The first-order valence-electron chi connectivity index (χ1n) is 5.40. The van der Waals surface area contributed by atoms with Crippen LogP contribution in [0.25, 0.3) is 6.08 Å². The van der Waals surface area contributed by atoms with E-state index in [0.717, 1.165) is 0 Å². The molecule has 0 fully saturated rings. The Labute approximate surface area is 105 Å². The van der Waals surface area contributed by atoms with Crippen molar-refractivity contribution in [1.82, 2.24) is 10.3 Å². The average molecular weight is 249 g/mol. The fourth-order valence-corrected chi connectivity index (χ4v) is 1.28. The zero-order valence-corrected chi connectivity index (χ0v) is 10.0. The van der Waals surface area contributed by atoms with E-state index < -0.39 is 5.97 Å². The molecule has 0 aliphatic carbocycles. The molecule has 1 aromatic heterocycles. The SMILES string of the molecule is CC(=O)NCCC=Cc1cc(C(=O)O)cnc1N. The van der Waals surface area contributed by atoms with Gasteiger partial charge in [0.25, 0.3) is 0 Å². The predicted molar refractivity (Wildman–Crippen MR) is 67.9 cm³/mol. The number of nitrogens with zero attached hydrogens (tertiary/aromatic N) is 1. The number of carbonyl (C=O) groups is 2. The summed E-state index contributed by atoms with van der Waals surface area (Å²) in [5.41, 5.74) is 6.27. The Kier molecular flexibility index (Phi) is 4.86. The molecule has 0 bridgehead atoms. The number of carboxylic acids is 1. The summed E-state index contributed by atoms with van der Waals surface area (Å²) in [6, 6.07) is 1.46. The Hall–Kier alpha value is -2.37. The lowest BCUT2D eigenvalue weighted by molar-refractivity contribution is -0.118. The third-order valence-electron chi connectivity index (χ3n) is 2.18. The van der Waals surface area contributed by atoms with Crippen molar-refractivity contribution in [2.45, 2.75) is 13.3 Å². The minimum atomic E-state index is -1.05. The second kappa shape index (κ2) is 6.39. The summed E-state index contributed by atoms with van der Waals surface area (Å²) >= 11 is 0. The molecule has 0 spiro atoms. The number of carbonyl (C=O) groups excluding carboxylic acids is 1. The normalized spacial score (nSPS) is 10.5. The lowest BCUT2D eigenvalue weighted by atomic mass is 10.1. The van der Waals surface area contributed by atoms with Crippen molar-refractivity contribution < 1.29 is 14.7 Å². The van der Waals surface area contributed by atoms with Gasteiger partial charge in [-0.1, -0.05) is 12.2 Å². The molecule has 0 saturated heterocycles. The van der Waals surface area contributed by atoms with Crippen molar-refractivity contribution in [2.75, 3.05) is 12.3 Å². The van der Waals surface area contributed by atoms with Crippen LogP contribution in [0.4, 0.5) is 5.82 Å². The van der Waals surface area contributed by atoms with Crippen molar-refractivity contribution in [1.29, 1.82) is 0 Å². The van der Waals surface area contributed by atoms with E-state index in [1.54, 1.807) is 12.2 Å². The molecule has 4 N–H and O–H groups in total. The number of aromatic nitrogens is 1. The number of nitrogen functional groups attached to an aromatic ring is 1. The molecule has 0 saturated carbocycles. The van der Waals surface area contributed by atoms with E-state index in [1.807, 2.05) is 0 Å². The molecular weight excluding hydrogens is 234 g/mol. The number of nitrogens with one attached hydrogen (secondary N) is 1. The van der Waals surface area contributed by atoms with Gasteiger partial charge >= 0.3 is 5.97 Å². The van der Waals surface area contributed by atoms with Crippen LogP contribution in [-0.2, 0) is 4.79 Å². The summed E-state index contributed by atoms with van der Waals surface area (Å²) in [5.74, 6) is -0.858. The molecule has 18 heavy (non-hydrogen) atoms. The van der Waals surface area contributed by atoms with Crippen LogP contribution in [0.15, 0.2) is 18.3 Å². The van der Waals surface area contributed by atoms with Crippen LogP contribution in [0.5, 0.6) is 0 Å². The Morgan fingerprint density at radius 3 is 2.89 bits per heavy atom. The lowest BCUT2D eigenvalue weighted by Crippen LogP contribution is -2.20. The first-order chi connectivity index (χ1) is 8.50. The number of hydrogen-bond donors (Lipinski definition) is 3. The van der Waals surface area contributed by atoms with Crippen LogP contribution >= 0.6 is 0 Å². The molecule has 6 nitrogen and oxygen atoms in total. The maximum atomic E-state index is 10.8. The molecule has 1 aromatic rings. The third-order valence-corrected chi connectivity index (χ3v) is 2.18. The van der Waals surface area contributed by atoms with Gasteiger partial charge in [-0.2, -0.15) is 0 Å². The summed E-state index contributed by atoms with van der Waals surface area (Å²) < 4.78 is 0. The quantitative estimate of drug-likeness (QED) is 0.672. The van der Waals surface area contributed by atoms with Gasteiger partial charge in [0.05, 0.1) is 5.56 Å². The first kappa shape index (κ1) is 13.7. The Bertz CT molecular complexity index is 483. The average Bonchev–Trinajstić information content (AvgIpc) is 2.30. The van der Waals surface area contributed by atoms with Gasteiger partial charge in [0, 0.05) is 25.2 Å². The van der Waals surface area contributed by atoms with Crippen molar-refractivity contribution in [3.05, 3.63) is 29.5 Å². The molecule has 0 radical (unpaired) electrons. The van der Waals surface area contributed by atoms with E-state index in [2.05, 4.69) is 10.3 Å². The Morgan fingerprint density at radius 1 is 1.56 bits per heavy atom. The highest BCUT2D eigenvalue weighted by atomic mass is 16.4. The number of hydrogen-bond acceptors (Lipinski definition) is 4. The van der Waals surface area contributed by atoms with Gasteiger partial charge in [-0.15, -0.1) is 0 Å². The van der Waals surface area contributed by atoms with Crippen molar-refractivity contribution in [3.8, 4) is 0 Å². The van der Waals surface area contributed by atoms with Gasteiger partial charge in [0.1, 0.15) is 5.82 Å². The van der Waals surface area contributed by atoms with Gasteiger partial charge in [0.15, 0.2) is 0 Å². The molecule has 1 rings (SSSR count). The molecule has 1 amide bonds. The largest absolute Gasteiger partial charge is 0.478 e. The van der Waals surface area contributed by atoms with Crippen LogP contribution in [0.1, 0.15) is 29.3 Å². The van der Waals surface area contributed by atoms with Gasteiger partial charge in [-0.3, -0.25) is 4.79 Å². The van der Waals surface area contributed by atoms with Crippen LogP contribution in [-0.4, -0.2) is 28.5 Å². The highest BCUT2D eigenvalue weighted by molar-refractivity contribution is 5.88. The van der Waals surface area contributed by atoms with E-state index >= 15 is 0 Å². The van der Waals surface area contributed by atoms with E-state index in [-0.39, 0.29) is 17.3 Å². The molecule has 6 heteroatoms.